The molecule has 0 aromatic heterocycles. The van der Waals surface area contributed by atoms with Gasteiger partial charge in [-0.2, -0.15) is 0 Å². The summed E-state index contributed by atoms with van der Waals surface area (Å²) in [5.74, 6) is -1.04. The van der Waals surface area contributed by atoms with Crippen LogP contribution in [-0.4, -0.2) is 11.8 Å². The lowest BCUT2D eigenvalue weighted by atomic mass is 10.1. The van der Waals surface area contributed by atoms with E-state index in [1.54, 1.807) is 0 Å². The van der Waals surface area contributed by atoms with Gasteiger partial charge in [0.25, 0.3) is 0 Å². The lowest BCUT2D eigenvalue weighted by Crippen LogP contribution is -2.41. The summed E-state index contributed by atoms with van der Waals surface area (Å²) in [7, 11) is 0. The summed E-state index contributed by atoms with van der Waals surface area (Å²) in [6.07, 6.45) is 0.0978. The first-order chi connectivity index (χ1) is 7.08. The van der Waals surface area contributed by atoms with Crippen LogP contribution in [0.15, 0.2) is 24.3 Å². The SMILES string of the molecule is CC(=O)NNC(=O)Cc1ccc(F)cc1. The van der Waals surface area contributed by atoms with Gasteiger partial charge in [0.15, 0.2) is 0 Å². The molecule has 15 heavy (non-hydrogen) atoms. The third-order valence-electron chi connectivity index (χ3n) is 1.66. The first kappa shape index (κ1) is 11.2. The fourth-order valence-corrected chi connectivity index (χ4v) is 0.990. The molecule has 1 rings (SSSR count). The van der Waals surface area contributed by atoms with Gasteiger partial charge in [0.1, 0.15) is 5.82 Å². The van der Waals surface area contributed by atoms with Gasteiger partial charge in [-0.05, 0) is 17.7 Å². The lowest BCUT2D eigenvalue weighted by molar-refractivity contribution is -0.127. The van der Waals surface area contributed by atoms with Crippen LogP contribution in [0.4, 0.5) is 4.39 Å². The molecule has 4 nitrogen and oxygen atoms in total. The van der Waals surface area contributed by atoms with E-state index in [9.17, 15) is 14.0 Å². The second-order valence-corrected chi connectivity index (χ2v) is 3.03. The number of halogens is 1. The molecule has 80 valence electrons. The summed E-state index contributed by atoms with van der Waals surface area (Å²) >= 11 is 0. The van der Waals surface area contributed by atoms with Gasteiger partial charge in [0, 0.05) is 6.92 Å². The summed E-state index contributed by atoms with van der Waals surface area (Å²) in [5.41, 5.74) is 5.06. The molecule has 2 amide bonds. The van der Waals surface area contributed by atoms with Crippen LogP contribution in [0.5, 0.6) is 0 Å². The maximum absolute atomic E-state index is 12.5. The maximum atomic E-state index is 12.5. The Hall–Kier alpha value is -1.91. The van der Waals surface area contributed by atoms with Gasteiger partial charge >= 0.3 is 0 Å². The van der Waals surface area contributed by atoms with E-state index in [1.165, 1.54) is 31.2 Å². The largest absolute Gasteiger partial charge is 0.274 e. The summed E-state index contributed by atoms with van der Waals surface area (Å²) in [6, 6.07) is 5.59. The van der Waals surface area contributed by atoms with Gasteiger partial charge in [-0.3, -0.25) is 20.4 Å². The number of rotatable bonds is 2. The highest BCUT2D eigenvalue weighted by Crippen LogP contribution is 2.02. The molecule has 0 aliphatic rings. The highest BCUT2D eigenvalue weighted by Gasteiger charge is 2.03. The molecule has 0 unspecified atom stereocenters. The number of nitrogens with one attached hydrogen (secondary N) is 2. The van der Waals surface area contributed by atoms with E-state index in [2.05, 4.69) is 10.9 Å². The first-order valence-electron chi connectivity index (χ1n) is 4.38. The van der Waals surface area contributed by atoms with E-state index in [1.807, 2.05) is 0 Å². The number of hydrazine groups is 1. The molecule has 0 atom stereocenters. The molecule has 0 spiro atoms. The van der Waals surface area contributed by atoms with Crippen LogP contribution >= 0.6 is 0 Å². The third kappa shape index (κ3) is 4.21. The molecule has 0 saturated carbocycles. The second kappa shape index (κ2) is 5.09. The minimum Gasteiger partial charge on any atom is -0.274 e. The van der Waals surface area contributed by atoms with Gasteiger partial charge in [-0.1, -0.05) is 12.1 Å². The standard InChI is InChI=1S/C10H11FN2O2/c1-7(14)12-13-10(15)6-8-2-4-9(11)5-3-8/h2-5H,6H2,1H3,(H,12,14)(H,13,15). The Morgan fingerprint density at radius 3 is 2.33 bits per heavy atom. The van der Waals surface area contributed by atoms with Crippen molar-refractivity contribution in [1.29, 1.82) is 0 Å². The molecule has 0 radical (unpaired) electrons. The minimum atomic E-state index is -0.350. The van der Waals surface area contributed by atoms with Gasteiger partial charge in [0.2, 0.25) is 11.8 Å². The van der Waals surface area contributed by atoms with Crippen LogP contribution in [-0.2, 0) is 16.0 Å². The highest BCUT2D eigenvalue weighted by molar-refractivity contribution is 5.82. The van der Waals surface area contributed by atoms with Gasteiger partial charge in [-0.25, -0.2) is 4.39 Å². The number of hydrogen-bond donors (Lipinski definition) is 2. The van der Waals surface area contributed by atoms with Crippen molar-refractivity contribution in [1.82, 2.24) is 10.9 Å². The summed E-state index contributed by atoms with van der Waals surface area (Å²) in [6.45, 7) is 1.29. The smallest absolute Gasteiger partial charge is 0.242 e. The molecule has 2 N–H and O–H groups in total. The normalized spacial score (nSPS) is 9.47. The van der Waals surface area contributed by atoms with Crippen LogP contribution in [0.2, 0.25) is 0 Å². The van der Waals surface area contributed by atoms with Gasteiger partial charge in [-0.15, -0.1) is 0 Å². The van der Waals surface area contributed by atoms with Crippen molar-refractivity contribution in [2.45, 2.75) is 13.3 Å². The predicted molar refractivity (Wildman–Crippen MR) is 52.1 cm³/mol. The van der Waals surface area contributed by atoms with Gasteiger partial charge < -0.3 is 0 Å². The zero-order valence-electron chi connectivity index (χ0n) is 8.21. The van der Waals surface area contributed by atoms with Gasteiger partial charge in [0.05, 0.1) is 6.42 Å². The van der Waals surface area contributed by atoms with Crippen LogP contribution in [0.25, 0.3) is 0 Å². The number of amides is 2. The Kier molecular flexibility index (Phi) is 3.79. The maximum Gasteiger partial charge on any atom is 0.242 e. The number of benzene rings is 1. The Balaban J connectivity index is 2.44. The molecular formula is C10H11FN2O2. The van der Waals surface area contributed by atoms with Crippen molar-refractivity contribution in [2.75, 3.05) is 0 Å². The molecule has 0 aliphatic heterocycles. The molecule has 0 saturated heterocycles. The average Bonchev–Trinajstić information content (AvgIpc) is 2.19. The zero-order chi connectivity index (χ0) is 11.3. The van der Waals surface area contributed by atoms with E-state index in [0.717, 1.165) is 0 Å². The third-order valence-corrected chi connectivity index (χ3v) is 1.66. The Morgan fingerprint density at radius 1 is 1.20 bits per heavy atom. The second-order valence-electron chi connectivity index (χ2n) is 3.03. The molecule has 0 heterocycles. The average molecular weight is 210 g/mol. The van der Waals surface area contributed by atoms with Crippen molar-refractivity contribution in [3.05, 3.63) is 35.6 Å². The van der Waals surface area contributed by atoms with E-state index in [-0.39, 0.29) is 24.1 Å². The molecule has 1 aromatic carbocycles. The molecule has 1 aromatic rings. The Morgan fingerprint density at radius 2 is 1.80 bits per heavy atom. The topological polar surface area (TPSA) is 58.2 Å². The van der Waals surface area contributed by atoms with Crippen molar-refractivity contribution in [3.8, 4) is 0 Å². The zero-order valence-corrected chi connectivity index (χ0v) is 8.21. The Labute approximate surface area is 86.4 Å². The molecular weight excluding hydrogens is 199 g/mol. The number of carbonyl (C=O) groups is 2. The van der Waals surface area contributed by atoms with Crippen molar-refractivity contribution in [3.63, 3.8) is 0 Å². The van der Waals surface area contributed by atoms with Crippen LogP contribution < -0.4 is 10.9 Å². The molecule has 0 bridgehead atoms. The van der Waals surface area contributed by atoms with E-state index in [4.69, 9.17) is 0 Å². The molecule has 0 fully saturated rings. The molecule has 5 heteroatoms. The fourth-order valence-electron chi connectivity index (χ4n) is 0.990. The number of hydrogen-bond acceptors (Lipinski definition) is 2. The summed E-state index contributed by atoms with van der Waals surface area (Å²) in [5, 5.41) is 0. The monoisotopic (exact) mass is 210 g/mol. The quantitative estimate of drug-likeness (QED) is 0.700. The first-order valence-corrected chi connectivity index (χ1v) is 4.38. The van der Waals surface area contributed by atoms with E-state index >= 15 is 0 Å². The van der Waals surface area contributed by atoms with Crippen LogP contribution in [0, 0.1) is 5.82 Å². The summed E-state index contributed by atoms with van der Waals surface area (Å²) < 4.78 is 12.5. The van der Waals surface area contributed by atoms with Crippen molar-refractivity contribution in [2.24, 2.45) is 0 Å². The minimum absolute atomic E-state index is 0.0978. The van der Waals surface area contributed by atoms with Crippen molar-refractivity contribution >= 4 is 11.8 Å². The van der Waals surface area contributed by atoms with Crippen LogP contribution in [0.3, 0.4) is 0 Å². The highest BCUT2D eigenvalue weighted by atomic mass is 19.1. The summed E-state index contributed by atoms with van der Waals surface area (Å²) in [4.78, 5) is 21.7. The van der Waals surface area contributed by atoms with E-state index in [0.29, 0.717) is 5.56 Å². The Bertz CT molecular complexity index is 362. The van der Waals surface area contributed by atoms with Crippen LogP contribution in [0.1, 0.15) is 12.5 Å². The number of carbonyl (C=O) groups excluding carboxylic acids is 2. The molecule has 0 aliphatic carbocycles. The van der Waals surface area contributed by atoms with Crippen molar-refractivity contribution < 1.29 is 14.0 Å². The fraction of sp³-hybridized carbons (Fsp3) is 0.200. The van der Waals surface area contributed by atoms with E-state index < -0.39 is 0 Å². The lowest BCUT2D eigenvalue weighted by Gasteiger charge is -2.04. The predicted octanol–water partition coefficient (Wildman–Crippen LogP) is 0.535.